The first-order valence-corrected chi connectivity index (χ1v) is 5.88. The smallest absolute Gasteiger partial charge is 0.0936 e. The lowest BCUT2D eigenvalue weighted by molar-refractivity contribution is -0.102. The van der Waals surface area contributed by atoms with Gasteiger partial charge in [-0.15, -0.1) is 0 Å². The Hall–Kier alpha value is -0.160. The normalized spacial score (nSPS) is 38.4. The molecule has 1 N–H and O–H groups in total. The zero-order chi connectivity index (χ0) is 10.7. The average molecular weight is 215 g/mol. The van der Waals surface area contributed by atoms with E-state index in [1.807, 2.05) is 0 Å². The van der Waals surface area contributed by atoms with Crippen molar-refractivity contribution in [2.45, 2.75) is 38.1 Å². The van der Waals surface area contributed by atoms with Gasteiger partial charge in [-0.05, 0) is 19.8 Å². The maximum absolute atomic E-state index is 9.10. The van der Waals surface area contributed by atoms with E-state index in [9.17, 15) is 0 Å². The number of ether oxygens (including phenoxy) is 2. The van der Waals surface area contributed by atoms with Gasteiger partial charge in [0.15, 0.2) is 0 Å². The Balaban J connectivity index is 1.80. The van der Waals surface area contributed by atoms with E-state index in [4.69, 9.17) is 14.6 Å². The van der Waals surface area contributed by atoms with Gasteiger partial charge in [0.25, 0.3) is 0 Å². The molecule has 2 fully saturated rings. The van der Waals surface area contributed by atoms with Gasteiger partial charge < -0.3 is 14.6 Å². The summed E-state index contributed by atoms with van der Waals surface area (Å²) in [6.45, 7) is 5.87. The van der Waals surface area contributed by atoms with E-state index in [2.05, 4.69) is 11.8 Å². The standard InChI is InChI=1S/C11H21NO3/c1-9-5-12(7-11(8-13)15-9)6-10-3-2-4-14-10/h9-11,13H,2-8H2,1H3. The molecule has 4 heteroatoms. The molecule has 0 saturated carbocycles. The first kappa shape index (κ1) is 11.3. The summed E-state index contributed by atoms with van der Waals surface area (Å²) in [6.07, 6.45) is 2.96. The van der Waals surface area contributed by atoms with E-state index >= 15 is 0 Å². The molecule has 3 unspecified atom stereocenters. The fourth-order valence-electron chi connectivity index (χ4n) is 2.47. The van der Waals surface area contributed by atoms with Crippen LogP contribution in [0.4, 0.5) is 0 Å². The van der Waals surface area contributed by atoms with Gasteiger partial charge in [0.1, 0.15) is 0 Å². The molecule has 0 aromatic rings. The number of morpholine rings is 1. The molecular formula is C11H21NO3. The van der Waals surface area contributed by atoms with Crippen LogP contribution in [0.2, 0.25) is 0 Å². The van der Waals surface area contributed by atoms with Gasteiger partial charge in [0, 0.05) is 26.2 Å². The monoisotopic (exact) mass is 215 g/mol. The molecule has 0 aliphatic carbocycles. The fraction of sp³-hybridized carbons (Fsp3) is 1.00. The van der Waals surface area contributed by atoms with Crippen LogP contribution in [0.1, 0.15) is 19.8 Å². The highest BCUT2D eigenvalue weighted by molar-refractivity contribution is 4.78. The van der Waals surface area contributed by atoms with E-state index in [0.717, 1.165) is 26.2 Å². The largest absolute Gasteiger partial charge is 0.394 e. The van der Waals surface area contributed by atoms with E-state index < -0.39 is 0 Å². The van der Waals surface area contributed by atoms with E-state index in [1.54, 1.807) is 0 Å². The maximum atomic E-state index is 9.10. The van der Waals surface area contributed by atoms with Crippen molar-refractivity contribution < 1.29 is 14.6 Å². The molecule has 15 heavy (non-hydrogen) atoms. The minimum atomic E-state index is -0.0184. The molecule has 3 atom stereocenters. The minimum absolute atomic E-state index is 0.0184. The number of aliphatic hydroxyl groups excluding tert-OH is 1. The number of rotatable bonds is 3. The molecule has 2 heterocycles. The zero-order valence-corrected chi connectivity index (χ0v) is 9.39. The summed E-state index contributed by atoms with van der Waals surface area (Å²) in [5.41, 5.74) is 0. The van der Waals surface area contributed by atoms with E-state index in [0.29, 0.717) is 6.10 Å². The Kier molecular flexibility index (Phi) is 3.97. The second-order valence-corrected chi connectivity index (χ2v) is 4.60. The molecule has 88 valence electrons. The molecule has 2 saturated heterocycles. The Morgan fingerprint density at radius 2 is 2.20 bits per heavy atom. The third kappa shape index (κ3) is 3.14. The highest BCUT2D eigenvalue weighted by atomic mass is 16.5. The van der Waals surface area contributed by atoms with Crippen LogP contribution in [0.3, 0.4) is 0 Å². The van der Waals surface area contributed by atoms with Crippen molar-refractivity contribution >= 4 is 0 Å². The van der Waals surface area contributed by atoms with Gasteiger partial charge in [-0.3, -0.25) is 4.90 Å². The molecule has 2 rings (SSSR count). The Bertz CT molecular complexity index is 194. The first-order chi connectivity index (χ1) is 7.28. The van der Waals surface area contributed by atoms with Crippen molar-refractivity contribution in [2.24, 2.45) is 0 Å². The number of hydrogen-bond donors (Lipinski definition) is 1. The molecule has 4 nitrogen and oxygen atoms in total. The van der Waals surface area contributed by atoms with Crippen LogP contribution in [0.25, 0.3) is 0 Å². The van der Waals surface area contributed by atoms with E-state index in [1.165, 1.54) is 12.8 Å². The first-order valence-electron chi connectivity index (χ1n) is 5.88. The lowest BCUT2D eigenvalue weighted by atomic mass is 10.2. The van der Waals surface area contributed by atoms with Gasteiger partial charge in [0.2, 0.25) is 0 Å². The summed E-state index contributed by atoms with van der Waals surface area (Å²) in [4.78, 5) is 2.35. The molecular weight excluding hydrogens is 194 g/mol. The third-order valence-electron chi connectivity index (χ3n) is 3.09. The summed E-state index contributed by atoms with van der Waals surface area (Å²) < 4.78 is 11.2. The molecule has 2 aliphatic heterocycles. The second kappa shape index (κ2) is 5.25. The topological polar surface area (TPSA) is 41.9 Å². The summed E-state index contributed by atoms with van der Waals surface area (Å²) in [5.74, 6) is 0. The number of nitrogens with zero attached hydrogens (tertiary/aromatic N) is 1. The van der Waals surface area contributed by atoms with Gasteiger partial charge in [-0.25, -0.2) is 0 Å². The van der Waals surface area contributed by atoms with Gasteiger partial charge in [-0.1, -0.05) is 0 Å². The van der Waals surface area contributed by atoms with Crippen LogP contribution in [0.5, 0.6) is 0 Å². The van der Waals surface area contributed by atoms with Crippen molar-refractivity contribution in [3.8, 4) is 0 Å². The molecule has 0 aromatic heterocycles. The summed E-state index contributed by atoms with van der Waals surface area (Å²) in [6, 6.07) is 0. The quantitative estimate of drug-likeness (QED) is 0.732. The van der Waals surface area contributed by atoms with E-state index in [-0.39, 0.29) is 18.8 Å². The van der Waals surface area contributed by atoms with Crippen LogP contribution in [0, 0.1) is 0 Å². The summed E-state index contributed by atoms with van der Waals surface area (Å²) in [5, 5.41) is 9.10. The van der Waals surface area contributed by atoms with Crippen LogP contribution in [-0.4, -0.2) is 61.2 Å². The Morgan fingerprint density at radius 1 is 1.33 bits per heavy atom. The van der Waals surface area contributed by atoms with Gasteiger partial charge in [0.05, 0.1) is 24.9 Å². The molecule has 0 bridgehead atoms. The Morgan fingerprint density at radius 3 is 2.87 bits per heavy atom. The van der Waals surface area contributed by atoms with Crippen molar-refractivity contribution in [3.05, 3.63) is 0 Å². The molecule has 0 amide bonds. The SMILES string of the molecule is CC1CN(CC2CCCO2)CC(CO)O1. The summed E-state index contributed by atoms with van der Waals surface area (Å²) in [7, 11) is 0. The van der Waals surface area contributed by atoms with Crippen molar-refractivity contribution in [2.75, 3.05) is 32.8 Å². The Labute approximate surface area is 91.2 Å². The predicted octanol–water partition coefficient (Wildman–Crippen LogP) is 0.247. The van der Waals surface area contributed by atoms with Crippen LogP contribution >= 0.6 is 0 Å². The average Bonchev–Trinajstić information content (AvgIpc) is 2.69. The lowest BCUT2D eigenvalue weighted by Gasteiger charge is -2.37. The number of hydrogen-bond acceptors (Lipinski definition) is 4. The fourth-order valence-corrected chi connectivity index (χ4v) is 2.47. The van der Waals surface area contributed by atoms with Crippen LogP contribution in [-0.2, 0) is 9.47 Å². The highest BCUT2D eigenvalue weighted by Gasteiger charge is 2.27. The zero-order valence-electron chi connectivity index (χ0n) is 9.39. The van der Waals surface area contributed by atoms with Gasteiger partial charge in [-0.2, -0.15) is 0 Å². The molecule has 0 radical (unpaired) electrons. The minimum Gasteiger partial charge on any atom is -0.394 e. The number of aliphatic hydroxyl groups is 1. The summed E-state index contributed by atoms with van der Waals surface area (Å²) >= 11 is 0. The van der Waals surface area contributed by atoms with Crippen molar-refractivity contribution in [1.29, 1.82) is 0 Å². The molecule has 2 aliphatic rings. The van der Waals surface area contributed by atoms with Crippen molar-refractivity contribution in [3.63, 3.8) is 0 Å². The van der Waals surface area contributed by atoms with Crippen LogP contribution in [0.15, 0.2) is 0 Å². The third-order valence-corrected chi connectivity index (χ3v) is 3.09. The molecule has 0 aromatic carbocycles. The highest BCUT2D eigenvalue weighted by Crippen LogP contribution is 2.17. The maximum Gasteiger partial charge on any atom is 0.0936 e. The predicted molar refractivity (Wildman–Crippen MR) is 56.8 cm³/mol. The van der Waals surface area contributed by atoms with Crippen molar-refractivity contribution in [1.82, 2.24) is 4.90 Å². The second-order valence-electron chi connectivity index (χ2n) is 4.60. The molecule has 0 spiro atoms. The lowest BCUT2D eigenvalue weighted by Crippen LogP contribution is -2.50. The van der Waals surface area contributed by atoms with Crippen LogP contribution < -0.4 is 0 Å². The van der Waals surface area contributed by atoms with Gasteiger partial charge >= 0.3 is 0 Å².